The Hall–Kier alpha value is 0.890. The van der Waals surface area contributed by atoms with Crippen LogP contribution in [0.4, 0.5) is 0 Å². The van der Waals surface area contributed by atoms with Gasteiger partial charge in [-0.2, -0.15) is 35.3 Å². The fraction of sp³-hybridized carbons (Fsp3) is 1.00. The summed E-state index contributed by atoms with van der Waals surface area (Å²) in [6, 6.07) is 0. The second kappa shape index (κ2) is 24.2. The summed E-state index contributed by atoms with van der Waals surface area (Å²) < 4.78 is 25.0. The minimum absolute atomic E-state index is 0.223. The highest BCUT2D eigenvalue weighted by Gasteiger charge is 2.32. The van der Waals surface area contributed by atoms with Crippen molar-refractivity contribution in [1.82, 2.24) is 0 Å². The average molecular weight is 633 g/mol. The predicted octanol–water partition coefficient (Wildman–Crippen LogP) is 9.43. The third kappa shape index (κ3) is 17.2. The molecule has 4 nitrogen and oxygen atoms in total. The van der Waals surface area contributed by atoms with E-state index in [0.717, 1.165) is 61.4 Å². The van der Waals surface area contributed by atoms with Crippen molar-refractivity contribution in [3.63, 3.8) is 0 Å². The fourth-order valence-electron chi connectivity index (χ4n) is 6.36. The van der Waals surface area contributed by atoms with E-state index in [4.69, 9.17) is 18.9 Å². The molecule has 0 radical (unpaired) electrons. The molecule has 0 bridgehead atoms. The lowest BCUT2D eigenvalue weighted by Gasteiger charge is -2.33. The average Bonchev–Trinajstić information content (AvgIpc) is 3.02. The zero-order chi connectivity index (χ0) is 28.7. The maximum absolute atomic E-state index is 6.34. The molecule has 0 aromatic rings. The molecule has 3 aliphatic rings. The molecule has 242 valence electrons. The third-order valence-electron chi connectivity index (χ3n) is 8.85. The third-order valence-corrected chi connectivity index (χ3v) is 13.3. The summed E-state index contributed by atoms with van der Waals surface area (Å²) in [5.74, 6) is 3.65. The van der Waals surface area contributed by atoms with Gasteiger partial charge in [-0.05, 0) is 82.0 Å². The summed E-state index contributed by atoms with van der Waals surface area (Å²) in [7, 11) is 0. The highest BCUT2D eigenvalue weighted by atomic mass is 32.2. The number of rotatable bonds is 24. The zero-order valence-electron chi connectivity index (χ0n) is 26.6. The van der Waals surface area contributed by atoms with Crippen LogP contribution < -0.4 is 0 Å². The fourth-order valence-corrected chi connectivity index (χ4v) is 10.2. The summed E-state index contributed by atoms with van der Waals surface area (Å²) in [5.41, 5.74) is -0.223. The minimum atomic E-state index is -0.223. The Morgan fingerprint density at radius 3 is 1.10 bits per heavy atom. The van der Waals surface area contributed by atoms with Gasteiger partial charge in [0.15, 0.2) is 0 Å². The van der Waals surface area contributed by atoms with Crippen LogP contribution in [0, 0.1) is 5.41 Å². The van der Waals surface area contributed by atoms with Crippen molar-refractivity contribution >= 4 is 35.3 Å². The van der Waals surface area contributed by atoms with Crippen molar-refractivity contribution in [3.8, 4) is 0 Å². The molecule has 0 aromatic heterocycles. The SMILES string of the molecule is CCOCC(COCCCSC1CCCCC1)(COCCCSC1CCCCC1)COCCCSC1CCCCC1. The van der Waals surface area contributed by atoms with Gasteiger partial charge in [-0.3, -0.25) is 0 Å². The van der Waals surface area contributed by atoms with Crippen molar-refractivity contribution in [3.05, 3.63) is 0 Å². The molecule has 0 saturated heterocycles. The highest BCUT2D eigenvalue weighted by Crippen LogP contribution is 2.31. The van der Waals surface area contributed by atoms with Crippen LogP contribution in [0.5, 0.6) is 0 Å². The van der Waals surface area contributed by atoms with Crippen LogP contribution in [0.3, 0.4) is 0 Å². The van der Waals surface area contributed by atoms with E-state index in [9.17, 15) is 0 Å². The molecular weight excluding hydrogens is 569 g/mol. The smallest absolute Gasteiger partial charge is 0.0637 e. The summed E-state index contributed by atoms with van der Waals surface area (Å²) in [4.78, 5) is 0. The predicted molar refractivity (Wildman–Crippen MR) is 183 cm³/mol. The molecule has 0 N–H and O–H groups in total. The first-order valence-corrected chi connectivity index (χ1v) is 20.6. The Morgan fingerprint density at radius 1 is 0.463 bits per heavy atom. The Balaban J connectivity index is 1.37. The molecule has 0 aliphatic heterocycles. The van der Waals surface area contributed by atoms with Gasteiger partial charge in [-0.1, -0.05) is 57.8 Å². The normalized spacial score (nSPS) is 20.1. The van der Waals surface area contributed by atoms with Crippen LogP contribution in [-0.4, -0.2) is 85.9 Å². The van der Waals surface area contributed by atoms with Crippen LogP contribution in [-0.2, 0) is 18.9 Å². The Bertz CT molecular complexity index is 518. The van der Waals surface area contributed by atoms with Crippen LogP contribution in [0.25, 0.3) is 0 Å². The van der Waals surface area contributed by atoms with Crippen molar-refractivity contribution in [2.24, 2.45) is 5.41 Å². The van der Waals surface area contributed by atoms with Gasteiger partial charge in [-0.15, -0.1) is 0 Å². The molecule has 0 amide bonds. The molecule has 3 fully saturated rings. The molecule has 3 rings (SSSR count). The summed E-state index contributed by atoms with van der Waals surface area (Å²) in [6.07, 6.45) is 24.7. The molecule has 0 atom stereocenters. The van der Waals surface area contributed by atoms with Crippen molar-refractivity contribution in [2.45, 2.75) is 138 Å². The van der Waals surface area contributed by atoms with Crippen LogP contribution in [0.1, 0.15) is 122 Å². The number of hydrogen-bond donors (Lipinski definition) is 0. The van der Waals surface area contributed by atoms with E-state index in [2.05, 4.69) is 42.2 Å². The molecule has 0 aromatic carbocycles. The second-order valence-corrected chi connectivity index (χ2v) is 17.0. The molecule has 3 aliphatic carbocycles. The van der Waals surface area contributed by atoms with Gasteiger partial charge in [-0.25, -0.2) is 0 Å². The lowest BCUT2D eigenvalue weighted by molar-refractivity contribution is -0.105. The first-order chi connectivity index (χ1) is 20.3. The highest BCUT2D eigenvalue weighted by molar-refractivity contribution is 8.00. The molecule has 41 heavy (non-hydrogen) atoms. The topological polar surface area (TPSA) is 36.9 Å². The van der Waals surface area contributed by atoms with Gasteiger partial charge in [0.05, 0.1) is 31.8 Å². The van der Waals surface area contributed by atoms with Gasteiger partial charge in [0.25, 0.3) is 0 Å². The van der Waals surface area contributed by atoms with E-state index in [-0.39, 0.29) is 5.41 Å². The summed E-state index contributed by atoms with van der Waals surface area (Å²) in [6.45, 7) is 7.90. The quantitative estimate of drug-likeness (QED) is 0.0981. The van der Waals surface area contributed by atoms with Gasteiger partial charge in [0.1, 0.15) is 0 Å². The first-order valence-electron chi connectivity index (χ1n) is 17.5. The minimum Gasteiger partial charge on any atom is -0.381 e. The molecule has 0 unspecified atom stereocenters. The maximum Gasteiger partial charge on any atom is 0.0637 e. The standard InChI is InChI=1S/C34H64O4S3/c1-2-35-27-34(28-36-21-12-24-39-31-15-6-3-7-16-31,29-37-22-13-25-40-32-17-8-4-9-18-32)30-38-23-14-26-41-33-19-10-5-11-20-33/h31-33H,2-30H2,1H3. The monoisotopic (exact) mass is 632 g/mol. The van der Waals surface area contributed by atoms with E-state index in [1.165, 1.54) is 114 Å². The number of thioether (sulfide) groups is 3. The van der Waals surface area contributed by atoms with Crippen molar-refractivity contribution < 1.29 is 18.9 Å². The lowest BCUT2D eigenvalue weighted by atomic mass is 9.92. The largest absolute Gasteiger partial charge is 0.381 e. The number of ether oxygens (including phenoxy) is 4. The first kappa shape index (κ1) is 36.4. The van der Waals surface area contributed by atoms with E-state index >= 15 is 0 Å². The van der Waals surface area contributed by atoms with Crippen molar-refractivity contribution in [2.75, 3.05) is 70.1 Å². The van der Waals surface area contributed by atoms with Crippen LogP contribution in [0.15, 0.2) is 0 Å². The molecule has 3 saturated carbocycles. The van der Waals surface area contributed by atoms with E-state index in [0.29, 0.717) is 26.4 Å². The van der Waals surface area contributed by atoms with E-state index < -0.39 is 0 Å². The maximum atomic E-state index is 6.34. The zero-order valence-corrected chi connectivity index (χ0v) is 29.0. The molecule has 0 spiro atoms. The van der Waals surface area contributed by atoms with Gasteiger partial charge >= 0.3 is 0 Å². The van der Waals surface area contributed by atoms with Crippen LogP contribution >= 0.6 is 35.3 Å². The van der Waals surface area contributed by atoms with Crippen LogP contribution in [0.2, 0.25) is 0 Å². The van der Waals surface area contributed by atoms with Gasteiger partial charge < -0.3 is 18.9 Å². The van der Waals surface area contributed by atoms with Gasteiger partial charge in [0, 0.05) is 42.2 Å². The Kier molecular flexibility index (Phi) is 21.4. The van der Waals surface area contributed by atoms with Gasteiger partial charge in [0.2, 0.25) is 0 Å². The molecule has 7 heteroatoms. The second-order valence-electron chi connectivity index (χ2n) is 12.7. The summed E-state index contributed by atoms with van der Waals surface area (Å²) >= 11 is 6.52. The number of hydrogen-bond acceptors (Lipinski definition) is 7. The molecule has 0 heterocycles. The van der Waals surface area contributed by atoms with E-state index in [1.807, 2.05) is 0 Å². The summed E-state index contributed by atoms with van der Waals surface area (Å²) in [5, 5.41) is 2.65. The van der Waals surface area contributed by atoms with E-state index in [1.54, 1.807) is 0 Å². The Labute approximate surface area is 267 Å². The Morgan fingerprint density at radius 2 is 0.780 bits per heavy atom. The molecular formula is C34H64O4S3. The lowest BCUT2D eigenvalue weighted by Crippen LogP contribution is -2.42. The van der Waals surface area contributed by atoms with Crippen molar-refractivity contribution in [1.29, 1.82) is 0 Å².